The summed E-state index contributed by atoms with van der Waals surface area (Å²) in [5, 5.41) is 0. The zero-order valence-corrected chi connectivity index (χ0v) is 9.16. The number of fused-ring (bicyclic) bond motifs is 2. The zero-order valence-electron chi connectivity index (χ0n) is 9.16. The third-order valence-electron chi connectivity index (χ3n) is 5.51. The van der Waals surface area contributed by atoms with E-state index in [2.05, 4.69) is 20.8 Å². The van der Waals surface area contributed by atoms with Crippen molar-refractivity contribution in [3.05, 3.63) is 0 Å². The lowest BCUT2D eigenvalue weighted by Gasteiger charge is -2.21. The molecule has 0 amide bonds. The van der Waals surface area contributed by atoms with Crippen LogP contribution in [0.25, 0.3) is 0 Å². The SMILES string of the molecule is CCC1C(C)C2CC2C(C)C2CC12. The van der Waals surface area contributed by atoms with E-state index in [1.165, 1.54) is 6.42 Å². The molecule has 0 radical (unpaired) electrons. The molecule has 3 saturated carbocycles. The minimum absolute atomic E-state index is 1.05. The molecule has 0 N–H and O–H groups in total. The molecule has 3 aliphatic rings. The molecule has 3 rings (SSSR count). The van der Waals surface area contributed by atoms with E-state index in [1.54, 1.807) is 12.8 Å². The topological polar surface area (TPSA) is 0 Å². The monoisotopic (exact) mass is 178 g/mol. The quantitative estimate of drug-likeness (QED) is 0.576. The van der Waals surface area contributed by atoms with Gasteiger partial charge in [-0.05, 0) is 54.3 Å². The van der Waals surface area contributed by atoms with Gasteiger partial charge < -0.3 is 0 Å². The predicted octanol–water partition coefficient (Wildman–Crippen LogP) is 3.57. The fourth-order valence-electron chi connectivity index (χ4n) is 4.48. The molecule has 0 heterocycles. The summed E-state index contributed by atoms with van der Waals surface area (Å²) >= 11 is 0. The van der Waals surface area contributed by atoms with Gasteiger partial charge in [0.05, 0.1) is 0 Å². The summed E-state index contributed by atoms with van der Waals surface area (Å²) in [6.07, 6.45) is 4.59. The van der Waals surface area contributed by atoms with Crippen molar-refractivity contribution < 1.29 is 0 Å². The largest absolute Gasteiger partial charge is 0.0651 e. The molecule has 0 saturated heterocycles. The Morgan fingerprint density at radius 2 is 1.38 bits per heavy atom. The van der Waals surface area contributed by atoms with Crippen LogP contribution in [0, 0.1) is 41.4 Å². The van der Waals surface area contributed by atoms with Gasteiger partial charge in [0.15, 0.2) is 0 Å². The molecule has 0 spiro atoms. The van der Waals surface area contributed by atoms with Gasteiger partial charge in [-0.2, -0.15) is 0 Å². The van der Waals surface area contributed by atoms with Crippen LogP contribution in [0.1, 0.15) is 40.0 Å². The van der Waals surface area contributed by atoms with Gasteiger partial charge in [-0.25, -0.2) is 0 Å². The highest BCUT2D eigenvalue weighted by Crippen LogP contribution is 2.66. The summed E-state index contributed by atoms with van der Waals surface area (Å²) in [7, 11) is 0. The normalized spacial score (nSPS) is 63.5. The van der Waals surface area contributed by atoms with Crippen molar-refractivity contribution in [2.45, 2.75) is 40.0 Å². The second-order valence-electron chi connectivity index (χ2n) is 5.92. The van der Waals surface area contributed by atoms with Crippen molar-refractivity contribution >= 4 is 0 Å². The van der Waals surface area contributed by atoms with Crippen molar-refractivity contribution in [1.82, 2.24) is 0 Å². The van der Waals surface area contributed by atoms with Crippen LogP contribution in [-0.4, -0.2) is 0 Å². The minimum atomic E-state index is 1.05. The Labute approximate surface area is 82.1 Å². The maximum absolute atomic E-state index is 2.53. The molecule has 7 unspecified atom stereocenters. The second-order valence-corrected chi connectivity index (χ2v) is 5.92. The van der Waals surface area contributed by atoms with E-state index >= 15 is 0 Å². The first-order valence-corrected chi connectivity index (χ1v) is 6.24. The summed E-state index contributed by atoms with van der Waals surface area (Å²) in [6.45, 7) is 7.47. The summed E-state index contributed by atoms with van der Waals surface area (Å²) in [4.78, 5) is 0. The van der Waals surface area contributed by atoms with Gasteiger partial charge in [0, 0.05) is 0 Å². The number of rotatable bonds is 1. The Balaban J connectivity index is 1.84. The first-order chi connectivity index (χ1) is 6.24. The van der Waals surface area contributed by atoms with Crippen LogP contribution >= 0.6 is 0 Å². The Bertz CT molecular complexity index is 220. The van der Waals surface area contributed by atoms with Crippen LogP contribution < -0.4 is 0 Å². The van der Waals surface area contributed by atoms with E-state index in [9.17, 15) is 0 Å². The molecule has 3 aliphatic carbocycles. The minimum Gasteiger partial charge on any atom is -0.0651 e. The highest BCUT2D eigenvalue weighted by molar-refractivity contribution is 5.08. The molecule has 0 aromatic carbocycles. The van der Waals surface area contributed by atoms with Gasteiger partial charge in [0.1, 0.15) is 0 Å². The van der Waals surface area contributed by atoms with Gasteiger partial charge in [0.2, 0.25) is 0 Å². The lowest BCUT2D eigenvalue weighted by molar-refractivity contribution is 0.275. The predicted molar refractivity (Wildman–Crippen MR) is 55.3 cm³/mol. The molecule has 7 atom stereocenters. The van der Waals surface area contributed by atoms with Crippen molar-refractivity contribution in [1.29, 1.82) is 0 Å². The molecule has 0 heteroatoms. The maximum Gasteiger partial charge on any atom is -0.0349 e. The van der Waals surface area contributed by atoms with Gasteiger partial charge in [-0.15, -0.1) is 0 Å². The summed E-state index contributed by atoms with van der Waals surface area (Å²) in [5.41, 5.74) is 0. The van der Waals surface area contributed by atoms with E-state index in [0.717, 1.165) is 41.4 Å². The van der Waals surface area contributed by atoms with Crippen LogP contribution in [0.3, 0.4) is 0 Å². The van der Waals surface area contributed by atoms with E-state index < -0.39 is 0 Å². The Morgan fingerprint density at radius 3 is 2.08 bits per heavy atom. The second kappa shape index (κ2) is 2.52. The smallest absolute Gasteiger partial charge is 0.0349 e. The van der Waals surface area contributed by atoms with Crippen molar-refractivity contribution in [2.24, 2.45) is 41.4 Å². The Morgan fingerprint density at radius 1 is 0.846 bits per heavy atom. The molecule has 13 heavy (non-hydrogen) atoms. The van der Waals surface area contributed by atoms with Crippen molar-refractivity contribution in [3.63, 3.8) is 0 Å². The summed E-state index contributed by atoms with van der Waals surface area (Å²) < 4.78 is 0. The highest BCUT2D eigenvalue weighted by Gasteiger charge is 2.59. The molecule has 0 aliphatic heterocycles. The lowest BCUT2D eigenvalue weighted by Crippen LogP contribution is -2.14. The van der Waals surface area contributed by atoms with E-state index in [1.807, 2.05) is 0 Å². The fraction of sp³-hybridized carbons (Fsp3) is 1.00. The molecular formula is C13H22. The van der Waals surface area contributed by atoms with Gasteiger partial charge in [0.25, 0.3) is 0 Å². The maximum atomic E-state index is 2.53. The van der Waals surface area contributed by atoms with Crippen LogP contribution in [0.15, 0.2) is 0 Å². The average molecular weight is 178 g/mol. The molecular weight excluding hydrogens is 156 g/mol. The van der Waals surface area contributed by atoms with Gasteiger partial charge in [-0.3, -0.25) is 0 Å². The number of hydrogen-bond acceptors (Lipinski definition) is 0. The Kier molecular flexibility index (Phi) is 1.61. The summed E-state index contributed by atoms with van der Waals surface area (Å²) in [5.74, 6) is 7.77. The molecule has 0 nitrogen and oxygen atoms in total. The summed E-state index contributed by atoms with van der Waals surface area (Å²) in [6, 6.07) is 0. The van der Waals surface area contributed by atoms with E-state index in [4.69, 9.17) is 0 Å². The lowest BCUT2D eigenvalue weighted by atomic mass is 9.84. The average Bonchev–Trinajstić information content (AvgIpc) is 2.97. The van der Waals surface area contributed by atoms with Gasteiger partial charge >= 0.3 is 0 Å². The first-order valence-electron chi connectivity index (χ1n) is 6.24. The van der Waals surface area contributed by atoms with Gasteiger partial charge in [-0.1, -0.05) is 27.2 Å². The zero-order chi connectivity index (χ0) is 9.16. The fourth-order valence-corrected chi connectivity index (χ4v) is 4.48. The molecule has 0 bridgehead atoms. The van der Waals surface area contributed by atoms with Crippen LogP contribution in [0.4, 0.5) is 0 Å². The van der Waals surface area contributed by atoms with Crippen molar-refractivity contribution in [3.8, 4) is 0 Å². The third kappa shape index (κ3) is 1.04. The standard InChI is InChI=1S/C13H22/c1-4-9-7(2)10-5-11(10)8(3)12-6-13(9)12/h7-13H,4-6H2,1-3H3. The van der Waals surface area contributed by atoms with Crippen LogP contribution in [-0.2, 0) is 0 Å². The molecule has 74 valence electrons. The van der Waals surface area contributed by atoms with E-state index in [-0.39, 0.29) is 0 Å². The third-order valence-corrected chi connectivity index (χ3v) is 5.51. The molecule has 0 aromatic heterocycles. The molecule has 3 fully saturated rings. The highest BCUT2D eigenvalue weighted by atomic mass is 14.6. The van der Waals surface area contributed by atoms with Crippen molar-refractivity contribution in [2.75, 3.05) is 0 Å². The Hall–Kier alpha value is 0. The first kappa shape index (κ1) is 8.32. The molecule has 0 aromatic rings. The van der Waals surface area contributed by atoms with E-state index in [0.29, 0.717) is 0 Å². The van der Waals surface area contributed by atoms with Crippen LogP contribution in [0.2, 0.25) is 0 Å². The number of hydrogen-bond donors (Lipinski definition) is 0. The van der Waals surface area contributed by atoms with Crippen LogP contribution in [0.5, 0.6) is 0 Å².